The number of rotatable bonds is 3. The van der Waals surface area contributed by atoms with E-state index in [0.29, 0.717) is 12.1 Å². The fourth-order valence-corrected chi connectivity index (χ4v) is 3.14. The zero-order valence-corrected chi connectivity index (χ0v) is 8.89. The van der Waals surface area contributed by atoms with Gasteiger partial charge in [0.2, 0.25) is 0 Å². The van der Waals surface area contributed by atoms with Crippen LogP contribution in [0, 0.1) is 5.92 Å². The third kappa shape index (κ3) is 3.28. The van der Waals surface area contributed by atoms with Crippen molar-refractivity contribution >= 4 is 7.14 Å². The Kier molecular flexibility index (Phi) is 3.37. The first-order chi connectivity index (χ1) is 5.49. The van der Waals surface area contributed by atoms with Crippen molar-refractivity contribution in [3.8, 4) is 0 Å². The molecule has 72 valence electrons. The molecule has 12 heavy (non-hydrogen) atoms. The van der Waals surface area contributed by atoms with Crippen molar-refractivity contribution in [2.75, 3.05) is 19.5 Å². The molecule has 0 spiro atoms. The summed E-state index contributed by atoms with van der Waals surface area (Å²) in [6, 6.07) is 0. The largest absolute Gasteiger partial charge is 0.392 e. The van der Waals surface area contributed by atoms with E-state index < -0.39 is 7.14 Å². The van der Waals surface area contributed by atoms with Gasteiger partial charge in [-0.1, -0.05) is 12.8 Å². The van der Waals surface area contributed by atoms with Gasteiger partial charge in [0.05, 0.1) is 13.2 Å². The van der Waals surface area contributed by atoms with Gasteiger partial charge in [0, 0.05) is 6.16 Å². The second-order valence-electron chi connectivity index (χ2n) is 4.37. The Morgan fingerprint density at radius 2 is 1.92 bits per heavy atom. The SMILES string of the molecule is CP(C)(=O)C[C@@H](O)C1CCCC1. The molecule has 1 N–H and O–H groups in total. The molecule has 1 fully saturated rings. The van der Waals surface area contributed by atoms with Crippen LogP contribution in [0.15, 0.2) is 0 Å². The summed E-state index contributed by atoms with van der Waals surface area (Å²) in [6.45, 7) is 3.51. The molecule has 0 aliphatic heterocycles. The van der Waals surface area contributed by atoms with Crippen LogP contribution in [-0.4, -0.2) is 30.7 Å². The van der Waals surface area contributed by atoms with Gasteiger partial charge in [-0.3, -0.25) is 0 Å². The van der Waals surface area contributed by atoms with Crippen LogP contribution in [0.3, 0.4) is 0 Å². The highest BCUT2D eigenvalue weighted by Gasteiger charge is 2.26. The van der Waals surface area contributed by atoms with Gasteiger partial charge in [-0.05, 0) is 32.1 Å². The predicted octanol–water partition coefficient (Wildman–Crippen LogP) is 2.16. The van der Waals surface area contributed by atoms with E-state index in [2.05, 4.69) is 0 Å². The lowest BCUT2D eigenvalue weighted by molar-refractivity contribution is 0.131. The molecule has 1 saturated carbocycles. The van der Waals surface area contributed by atoms with E-state index in [1.165, 1.54) is 12.8 Å². The minimum Gasteiger partial charge on any atom is -0.392 e. The Balaban J connectivity index is 2.37. The van der Waals surface area contributed by atoms with E-state index in [0.717, 1.165) is 12.8 Å². The summed E-state index contributed by atoms with van der Waals surface area (Å²) in [5.74, 6) is 0.429. The fraction of sp³-hybridized carbons (Fsp3) is 1.00. The molecule has 0 aromatic carbocycles. The highest BCUT2D eigenvalue weighted by Crippen LogP contribution is 2.40. The third-order valence-corrected chi connectivity index (χ3v) is 3.82. The van der Waals surface area contributed by atoms with E-state index in [4.69, 9.17) is 0 Å². The quantitative estimate of drug-likeness (QED) is 0.692. The van der Waals surface area contributed by atoms with E-state index in [9.17, 15) is 9.67 Å². The molecule has 0 unspecified atom stereocenters. The van der Waals surface area contributed by atoms with Crippen LogP contribution in [0.4, 0.5) is 0 Å². The molecule has 0 bridgehead atoms. The second-order valence-corrected chi connectivity index (χ2v) is 7.88. The Hall–Kier alpha value is 0.190. The molecule has 1 atom stereocenters. The van der Waals surface area contributed by atoms with E-state index in [1.807, 2.05) is 0 Å². The molecule has 2 nitrogen and oxygen atoms in total. The summed E-state index contributed by atoms with van der Waals surface area (Å²) in [6.07, 6.45) is 4.92. The zero-order valence-electron chi connectivity index (χ0n) is 7.99. The van der Waals surface area contributed by atoms with Gasteiger partial charge in [-0.2, -0.15) is 0 Å². The van der Waals surface area contributed by atoms with Crippen LogP contribution in [0.1, 0.15) is 25.7 Å². The van der Waals surface area contributed by atoms with Gasteiger partial charge < -0.3 is 9.67 Å². The lowest BCUT2D eigenvalue weighted by Gasteiger charge is -2.19. The Bertz CT molecular complexity index is 179. The number of aliphatic hydroxyl groups is 1. The molecule has 0 aromatic heterocycles. The monoisotopic (exact) mass is 190 g/mol. The summed E-state index contributed by atoms with van der Waals surface area (Å²) in [4.78, 5) is 0. The van der Waals surface area contributed by atoms with E-state index >= 15 is 0 Å². The van der Waals surface area contributed by atoms with Crippen molar-refractivity contribution in [1.29, 1.82) is 0 Å². The van der Waals surface area contributed by atoms with Crippen LogP contribution in [-0.2, 0) is 4.57 Å². The minimum absolute atomic E-state index is 0.312. The highest BCUT2D eigenvalue weighted by molar-refractivity contribution is 7.62. The molecular formula is C9H19O2P. The molecule has 0 heterocycles. The van der Waals surface area contributed by atoms with Crippen LogP contribution >= 0.6 is 7.14 Å². The maximum Gasteiger partial charge on any atom is 0.0844 e. The average molecular weight is 190 g/mol. The molecule has 0 aromatic rings. The van der Waals surface area contributed by atoms with Gasteiger partial charge in [0.25, 0.3) is 0 Å². The summed E-state index contributed by atoms with van der Waals surface area (Å²) < 4.78 is 11.4. The van der Waals surface area contributed by atoms with Crippen molar-refractivity contribution in [2.45, 2.75) is 31.8 Å². The first kappa shape index (κ1) is 10.3. The molecule has 1 aliphatic rings. The normalized spacial score (nSPS) is 22.9. The smallest absolute Gasteiger partial charge is 0.0844 e. The van der Waals surface area contributed by atoms with E-state index in [-0.39, 0.29) is 6.10 Å². The second kappa shape index (κ2) is 3.93. The maximum atomic E-state index is 11.4. The number of aliphatic hydroxyl groups excluding tert-OH is 1. The Morgan fingerprint density at radius 1 is 1.42 bits per heavy atom. The van der Waals surface area contributed by atoms with Gasteiger partial charge in [-0.15, -0.1) is 0 Å². The van der Waals surface area contributed by atoms with E-state index in [1.54, 1.807) is 13.3 Å². The van der Waals surface area contributed by atoms with Crippen molar-refractivity contribution in [2.24, 2.45) is 5.92 Å². The fourth-order valence-electron chi connectivity index (χ4n) is 1.94. The van der Waals surface area contributed by atoms with Gasteiger partial charge in [-0.25, -0.2) is 0 Å². The molecular weight excluding hydrogens is 171 g/mol. The molecule has 1 rings (SSSR count). The minimum atomic E-state index is -2.02. The summed E-state index contributed by atoms with van der Waals surface area (Å²) in [5, 5.41) is 9.71. The standard InChI is InChI=1S/C9H19O2P/c1-12(2,11)7-9(10)8-5-3-4-6-8/h8-10H,3-7H2,1-2H3/t9-/m1/s1. The van der Waals surface area contributed by atoms with Crippen molar-refractivity contribution in [1.82, 2.24) is 0 Å². The van der Waals surface area contributed by atoms with Crippen molar-refractivity contribution < 1.29 is 9.67 Å². The lowest BCUT2D eigenvalue weighted by atomic mass is 10.0. The van der Waals surface area contributed by atoms with Crippen molar-refractivity contribution in [3.63, 3.8) is 0 Å². The lowest BCUT2D eigenvalue weighted by Crippen LogP contribution is -2.21. The topological polar surface area (TPSA) is 37.3 Å². The Labute approximate surface area is 74.7 Å². The van der Waals surface area contributed by atoms with Crippen LogP contribution < -0.4 is 0 Å². The average Bonchev–Trinajstić information content (AvgIpc) is 2.32. The van der Waals surface area contributed by atoms with Gasteiger partial charge in [0.1, 0.15) is 0 Å². The van der Waals surface area contributed by atoms with Crippen LogP contribution in [0.25, 0.3) is 0 Å². The molecule has 1 aliphatic carbocycles. The van der Waals surface area contributed by atoms with Crippen LogP contribution in [0.2, 0.25) is 0 Å². The molecule has 0 saturated heterocycles. The predicted molar refractivity (Wildman–Crippen MR) is 52.3 cm³/mol. The molecule has 3 heteroatoms. The number of hydrogen-bond donors (Lipinski definition) is 1. The number of hydrogen-bond acceptors (Lipinski definition) is 2. The summed E-state index contributed by atoms with van der Waals surface area (Å²) >= 11 is 0. The van der Waals surface area contributed by atoms with Crippen molar-refractivity contribution in [3.05, 3.63) is 0 Å². The van der Waals surface area contributed by atoms with Crippen LogP contribution in [0.5, 0.6) is 0 Å². The molecule has 0 radical (unpaired) electrons. The summed E-state index contributed by atoms with van der Waals surface area (Å²) in [7, 11) is -2.02. The van der Waals surface area contributed by atoms with Gasteiger partial charge >= 0.3 is 0 Å². The zero-order chi connectivity index (χ0) is 9.19. The third-order valence-electron chi connectivity index (χ3n) is 2.57. The van der Waals surface area contributed by atoms with Gasteiger partial charge in [0.15, 0.2) is 0 Å². The first-order valence-electron chi connectivity index (χ1n) is 4.71. The highest BCUT2D eigenvalue weighted by atomic mass is 31.2. The Morgan fingerprint density at radius 3 is 2.33 bits per heavy atom. The maximum absolute atomic E-state index is 11.4. The summed E-state index contributed by atoms with van der Waals surface area (Å²) in [5.41, 5.74) is 0. The molecule has 0 amide bonds. The first-order valence-corrected chi connectivity index (χ1v) is 7.50.